The summed E-state index contributed by atoms with van der Waals surface area (Å²) >= 11 is 0. The first-order valence-corrected chi connectivity index (χ1v) is 9.60. The Labute approximate surface area is 155 Å². The second kappa shape index (κ2) is 8.93. The predicted molar refractivity (Wildman–Crippen MR) is 99.4 cm³/mol. The second-order valence-corrected chi connectivity index (χ2v) is 7.44. The number of likely N-dealkylation sites (N-methyl/N-ethyl adjacent to an activating group) is 1. The minimum absolute atomic E-state index is 0.0658. The molecule has 144 valence electrons. The van der Waals surface area contributed by atoms with Gasteiger partial charge in [-0.05, 0) is 37.5 Å². The molecule has 3 rings (SSSR count). The first kappa shape index (κ1) is 19.3. The zero-order valence-electron chi connectivity index (χ0n) is 15.9. The van der Waals surface area contributed by atoms with Crippen LogP contribution in [0.4, 0.5) is 4.39 Å². The Morgan fingerprint density at radius 3 is 2.50 bits per heavy atom. The normalized spacial score (nSPS) is 23.1. The van der Waals surface area contributed by atoms with Gasteiger partial charge in [0.05, 0.1) is 18.7 Å². The van der Waals surface area contributed by atoms with Crippen LogP contribution in [0.25, 0.3) is 0 Å². The maximum Gasteiger partial charge on any atom is 0.236 e. The molecule has 1 aromatic carbocycles. The molecule has 1 amide bonds. The second-order valence-electron chi connectivity index (χ2n) is 7.44. The van der Waals surface area contributed by atoms with Crippen LogP contribution in [0.15, 0.2) is 24.3 Å². The Kier molecular flexibility index (Phi) is 6.62. The molecule has 0 bridgehead atoms. The van der Waals surface area contributed by atoms with Gasteiger partial charge in [0.1, 0.15) is 5.82 Å². The third kappa shape index (κ3) is 5.02. The SMILES string of the molecule is CC(c1ccc(F)cc1)N(C)C(=O)CN1CCN(CC2CCCO2)CC1. The molecule has 6 heteroatoms. The maximum absolute atomic E-state index is 13.1. The fourth-order valence-corrected chi connectivity index (χ4v) is 3.69. The molecule has 2 aliphatic heterocycles. The standard InChI is InChI=1S/C20H30FN3O2/c1-16(17-5-7-18(21)8-6-17)22(2)20(25)15-24-11-9-23(10-12-24)14-19-4-3-13-26-19/h5-8,16,19H,3-4,9-15H2,1-2H3. The molecule has 2 heterocycles. The van der Waals surface area contributed by atoms with Crippen molar-refractivity contribution >= 4 is 5.91 Å². The Balaban J connectivity index is 1.43. The zero-order valence-corrected chi connectivity index (χ0v) is 15.9. The summed E-state index contributed by atoms with van der Waals surface area (Å²) in [5, 5.41) is 0. The Hall–Kier alpha value is -1.50. The summed E-state index contributed by atoms with van der Waals surface area (Å²) in [4.78, 5) is 19.1. The van der Waals surface area contributed by atoms with Gasteiger partial charge in [0.25, 0.3) is 0 Å². The molecule has 1 aromatic rings. The first-order valence-electron chi connectivity index (χ1n) is 9.60. The van der Waals surface area contributed by atoms with E-state index in [9.17, 15) is 9.18 Å². The van der Waals surface area contributed by atoms with Gasteiger partial charge in [-0.3, -0.25) is 14.6 Å². The third-order valence-corrected chi connectivity index (χ3v) is 5.64. The first-order chi connectivity index (χ1) is 12.5. The van der Waals surface area contributed by atoms with Crippen molar-refractivity contribution in [1.82, 2.24) is 14.7 Å². The topological polar surface area (TPSA) is 36.0 Å². The molecule has 2 saturated heterocycles. The smallest absolute Gasteiger partial charge is 0.236 e. The largest absolute Gasteiger partial charge is 0.377 e. The van der Waals surface area contributed by atoms with Crippen LogP contribution in [-0.4, -0.2) is 79.6 Å². The van der Waals surface area contributed by atoms with E-state index in [-0.39, 0.29) is 17.8 Å². The number of amides is 1. The van der Waals surface area contributed by atoms with Gasteiger partial charge >= 0.3 is 0 Å². The lowest BCUT2D eigenvalue weighted by atomic mass is 10.1. The number of carbonyl (C=O) groups excluding carboxylic acids is 1. The monoisotopic (exact) mass is 363 g/mol. The van der Waals surface area contributed by atoms with Crippen molar-refractivity contribution in [3.05, 3.63) is 35.6 Å². The van der Waals surface area contributed by atoms with Gasteiger partial charge in [-0.1, -0.05) is 12.1 Å². The molecule has 2 fully saturated rings. The Bertz CT molecular complexity index is 581. The van der Waals surface area contributed by atoms with E-state index in [1.54, 1.807) is 17.0 Å². The molecule has 0 aliphatic carbocycles. The summed E-state index contributed by atoms with van der Waals surface area (Å²) in [6, 6.07) is 6.31. The number of hydrogen-bond donors (Lipinski definition) is 0. The van der Waals surface area contributed by atoms with Gasteiger partial charge in [-0.25, -0.2) is 4.39 Å². The zero-order chi connectivity index (χ0) is 18.5. The van der Waals surface area contributed by atoms with Gasteiger partial charge in [-0.15, -0.1) is 0 Å². The molecule has 0 saturated carbocycles. The van der Waals surface area contributed by atoms with Crippen LogP contribution >= 0.6 is 0 Å². The van der Waals surface area contributed by atoms with Gasteiger partial charge in [0.15, 0.2) is 0 Å². The van der Waals surface area contributed by atoms with E-state index < -0.39 is 0 Å². The quantitative estimate of drug-likeness (QED) is 0.776. The number of piperazine rings is 1. The summed E-state index contributed by atoms with van der Waals surface area (Å²) in [5.41, 5.74) is 0.948. The van der Waals surface area contributed by atoms with E-state index in [1.165, 1.54) is 25.0 Å². The lowest BCUT2D eigenvalue weighted by Gasteiger charge is -2.36. The van der Waals surface area contributed by atoms with Gasteiger partial charge < -0.3 is 9.64 Å². The molecule has 0 aromatic heterocycles. The van der Waals surface area contributed by atoms with Crippen molar-refractivity contribution in [2.24, 2.45) is 0 Å². The van der Waals surface area contributed by atoms with E-state index in [4.69, 9.17) is 4.74 Å². The molecular weight excluding hydrogens is 333 g/mol. The highest BCUT2D eigenvalue weighted by Gasteiger charge is 2.25. The Morgan fingerprint density at radius 2 is 1.88 bits per heavy atom. The lowest BCUT2D eigenvalue weighted by molar-refractivity contribution is -0.133. The molecule has 2 unspecified atom stereocenters. The van der Waals surface area contributed by atoms with Crippen LogP contribution in [0.3, 0.4) is 0 Å². The van der Waals surface area contributed by atoms with E-state index in [0.29, 0.717) is 12.6 Å². The highest BCUT2D eigenvalue weighted by molar-refractivity contribution is 5.78. The van der Waals surface area contributed by atoms with Crippen LogP contribution < -0.4 is 0 Å². The number of ether oxygens (including phenoxy) is 1. The van der Waals surface area contributed by atoms with Crippen molar-refractivity contribution in [1.29, 1.82) is 0 Å². The molecule has 0 spiro atoms. The van der Waals surface area contributed by atoms with E-state index in [2.05, 4.69) is 9.80 Å². The highest BCUT2D eigenvalue weighted by Crippen LogP contribution is 2.19. The van der Waals surface area contributed by atoms with Crippen molar-refractivity contribution in [3.63, 3.8) is 0 Å². The maximum atomic E-state index is 13.1. The van der Waals surface area contributed by atoms with Crippen LogP contribution in [0.1, 0.15) is 31.4 Å². The highest BCUT2D eigenvalue weighted by atomic mass is 19.1. The minimum Gasteiger partial charge on any atom is -0.377 e. The Morgan fingerprint density at radius 1 is 1.23 bits per heavy atom. The average Bonchev–Trinajstić information content (AvgIpc) is 3.16. The molecule has 26 heavy (non-hydrogen) atoms. The molecule has 0 N–H and O–H groups in total. The van der Waals surface area contributed by atoms with E-state index in [0.717, 1.165) is 44.9 Å². The fourth-order valence-electron chi connectivity index (χ4n) is 3.69. The number of hydrogen-bond acceptors (Lipinski definition) is 4. The molecular formula is C20H30FN3O2. The van der Waals surface area contributed by atoms with Crippen molar-refractivity contribution in [2.45, 2.75) is 31.9 Å². The summed E-state index contributed by atoms with van der Waals surface area (Å²) in [6.07, 6.45) is 2.74. The molecule has 2 atom stereocenters. The van der Waals surface area contributed by atoms with Gasteiger partial charge in [0, 0.05) is 46.4 Å². The molecule has 2 aliphatic rings. The van der Waals surface area contributed by atoms with Crippen LogP contribution in [0.5, 0.6) is 0 Å². The predicted octanol–water partition coefficient (Wildman–Crippen LogP) is 2.14. The fraction of sp³-hybridized carbons (Fsp3) is 0.650. The lowest BCUT2D eigenvalue weighted by Crippen LogP contribution is -2.51. The summed E-state index contributed by atoms with van der Waals surface area (Å²) in [6.45, 7) is 8.14. The van der Waals surface area contributed by atoms with Crippen molar-refractivity contribution < 1.29 is 13.9 Å². The number of benzene rings is 1. The summed E-state index contributed by atoms with van der Waals surface area (Å²) < 4.78 is 18.8. The van der Waals surface area contributed by atoms with Crippen LogP contribution in [-0.2, 0) is 9.53 Å². The summed E-state index contributed by atoms with van der Waals surface area (Å²) in [7, 11) is 1.82. The van der Waals surface area contributed by atoms with E-state index >= 15 is 0 Å². The van der Waals surface area contributed by atoms with Gasteiger partial charge in [-0.2, -0.15) is 0 Å². The number of nitrogens with zero attached hydrogens (tertiary/aromatic N) is 3. The average molecular weight is 363 g/mol. The van der Waals surface area contributed by atoms with Crippen molar-refractivity contribution in [3.8, 4) is 0 Å². The number of halogens is 1. The van der Waals surface area contributed by atoms with Gasteiger partial charge in [0.2, 0.25) is 5.91 Å². The van der Waals surface area contributed by atoms with Crippen LogP contribution in [0, 0.1) is 5.82 Å². The van der Waals surface area contributed by atoms with Crippen molar-refractivity contribution in [2.75, 3.05) is 52.9 Å². The minimum atomic E-state index is -0.254. The number of rotatable bonds is 6. The number of carbonyl (C=O) groups is 1. The molecule has 0 radical (unpaired) electrons. The molecule has 5 nitrogen and oxygen atoms in total. The van der Waals surface area contributed by atoms with E-state index in [1.807, 2.05) is 14.0 Å². The van der Waals surface area contributed by atoms with Crippen LogP contribution in [0.2, 0.25) is 0 Å². The third-order valence-electron chi connectivity index (χ3n) is 5.64. The summed E-state index contributed by atoms with van der Waals surface area (Å²) in [5.74, 6) is -0.148.